The molecule has 0 amide bonds. The van der Waals surface area contributed by atoms with Gasteiger partial charge in [0.15, 0.2) is 0 Å². The zero-order valence-corrected chi connectivity index (χ0v) is 15.9. The first-order chi connectivity index (χ1) is 11.9. The van der Waals surface area contributed by atoms with Crippen LogP contribution in [0.5, 0.6) is 0 Å². The Bertz CT molecular complexity index is 812. The molecule has 3 rings (SSSR count). The Balaban J connectivity index is 1.88. The molecule has 1 aliphatic rings. The maximum atomic E-state index is 13.1. The molecule has 1 aliphatic heterocycles. The lowest BCUT2D eigenvalue weighted by atomic mass is 9.96. The highest BCUT2D eigenvalue weighted by molar-refractivity contribution is 7.89. The Morgan fingerprint density at radius 1 is 1.20 bits per heavy atom. The zero-order chi connectivity index (χ0) is 18.0. The maximum absolute atomic E-state index is 13.1. The lowest BCUT2D eigenvalue weighted by molar-refractivity contribution is 0.256. The molecule has 1 fully saturated rings. The number of sulfonamides is 1. The Hall–Kier alpha value is -1.70. The lowest BCUT2D eigenvalue weighted by Crippen LogP contribution is -2.38. The summed E-state index contributed by atoms with van der Waals surface area (Å²) in [4.78, 5) is 2.39. The van der Waals surface area contributed by atoms with Crippen LogP contribution in [0.15, 0.2) is 41.6 Å². The third-order valence-corrected chi connectivity index (χ3v) is 6.47. The summed E-state index contributed by atoms with van der Waals surface area (Å²) in [6.07, 6.45) is 5.80. The van der Waals surface area contributed by atoms with E-state index in [0.29, 0.717) is 6.54 Å². The first kappa shape index (κ1) is 18.1. The molecular weight excluding hydrogens is 336 g/mol. The fourth-order valence-electron chi connectivity index (χ4n) is 3.40. The second kappa shape index (κ2) is 7.27. The Morgan fingerprint density at radius 3 is 2.52 bits per heavy atom. The van der Waals surface area contributed by atoms with E-state index in [1.54, 1.807) is 17.5 Å². The number of hydrogen-bond donors (Lipinski definition) is 0. The average molecular weight is 362 g/mol. The van der Waals surface area contributed by atoms with Gasteiger partial charge in [0.05, 0.1) is 12.2 Å². The van der Waals surface area contributed by atoms with Gasteiger partial charge in [0.2, 0.25) is 10.0 Å². The summed E-state index contributed by atoms with van der Waals surface area (Å²) in [5, 5.41) is 4.02. The molecule has 2 heterocycles. The highest BCUT2D eigenvalue weighted by Crippen LogP contribution is 2.35. The molecule has 0 bridgehead atoms. The van der Waals surface area contributed by atoms with Crippen LogP contribution in [0.4, 0.5) is 0 Å². The molecule has 0 N–H and O–H groups in total. The lowest BCUT2D eigenvalue weighted by Gasteiger charge is -2.34. The quantitative estimate of drug-likeness (QED) is 0.819. The zero-order valence-electron chi connectivity index (χ0n) is 15.1. The van der Waals surface area contributed by atoms with Gasteiger partial charge in [0.1, 0.15) is 4.90 Å². The van der Waals surface area contributed by atoms with Gasteiger partial charge in [-0.05, 0) is 38.1 Å². The predicted molar refractivity (Wildman–Crippen MR) is 97.5 cm³/mol. The van der Waals surface area contributed by atoms with Crippen LogP contribution in [0.2, 0.25) is 0 Å². The van der Waals surface area contributed by atoms with Crippen LogP contribution in [0.25, 0.3) is 0 Å². The summed E-state index contributed by atoms with van der Waals surface area (Å²) in [6.45, 7) is 1.43. The van der Waals surface area contributed by atoms with Crippen molar-refractivity contribution in [3.05, 3.63) is 47.8 Å². The van der Waals surface area contributed by atoms with E-state index >= 15 is 0 Å². The number of hydrogen-bond acceptors (Lipinski definition) is 4. The number of piperidine rings is 1. The van der Waals surface area contributed by atoms with Crippen LogP contribution in [0.3, 0.4) is 0 Å². The second-order valence-corrected chi connectivity index (χ2v) is 8.85. The standard InChI is InChI=1S/C18H26N4O2S/c1-20(2)13-15-7-9-16(10-8-15)18-6-4-5-11-22(18)25(23,24)17-12-19-21(3)14-17/h7-10,12,14,18H,4-6,11,13H2,1-3H3/t18-/m1/s1. The van der Waals surface area contributed by atoms with Crippen molar-refractivity contribution in [1.82, 2.24) is 19.0 Å². The van der Waals surface area contributed by atoms with Crippen molar-refractivity contribution in [2.24, 2.45) is 7.05 Å². The van der Waals surface area contributed by atoms with Crippen molar-refractivity contribution >= 4 is 10.0 Å². The van der Waals surface area contributed by atoms with Crippen LogP contribution in [-0.2, 0) is 23.6 Å². The van der Waals surface area contributed by atoms with Crippen LogP contribution in [-0.4, -0.2) is 48.0 Å². The van der Waals surface area contributed by atoms with E-state index in [9.17, 15) is 8.42 Å². The normalized spacial score (nSPS) is 19.4. The molecule has 2 aromatic rings. The summed E-state index contributed by atoms with van der Waals surface area (Å²) >= 11 is 0. The van der Waals surface area contributed by atoms with Gasteiger partial charge < -0.3 is 4.90 Å². The van der Waals surface area contributed by atoms with E-state index in [4.69, 9.17) is 0 Å². The van der Waals surface area contributed by atoms with Gasteiger partial charge >= 0.3 is 0 Å². The van der Waals surface area contributed by atoms with Gasteiger partial charge in [-0.15, -0.1) is 0 Å². The summed E-state index contributed by atoms with van der Waals surface area (Å²) in [6, 6.07) is 8.23. The van der Waals surface area contributed by atoms with Gasteiger partial charge in [0.25, 0.3) is 0 Å². The van der Waals surface area contributed by atoms with Crippen molar-refractivity contribution in [2.45, 2.75) is 36.7 Å². The van der Waals surface area contributed by atoms with Gasteiger partial charge in [-0.1, -0.05) is 30.7 Å². The number of aromatic nitrogens is 2. The van der Waals surface area contributed by atoms with Crippen molar-refractivity contribution in [3.63, 3.8) is 0 Å². The van der Waals surface area contributed by atoms with Gasteiger partial charge in [0, 0.05) is 26.3 Å². The molecule has 1 aromatic heterocycles. The number of rotatable bonds is 5. The first-order valence-electron chi connectivity index (χ1n) is 8.62. The van der Waals surface area contributed by atoms with E-state index < -0.39 is 10.0 Å². The topological polar surface area (TPSA) is 58.4 Å². The minimum absolute atomic E-state index is 0.104. The maximum Gasteiger partial charge on any atom is 0.246 e. The van der Waals surface area contributed by atoms with Crippen LogP contribution in [0, 0.1) is 0 Å². The first-order valence-corrected chi connectivity index (χ1v) is 10.1. The molecule has 0 spiro atoms. The molecule has 0 saturated carbocycles. The average Bonchev–Trinajstić information content (AvgIpc) is 3.02. The molecule has 1 atom stereocenters. The van der Waals surface area contributed by atoms with Gasteiger partial charge in [-0.3, -0.25) is 4.68 Å². The molecule has 0 unspecified atom stereocenters. The van der Waals surface area contributed by atoms with Gasteiger partial charge in [-0.2, -0.15) is 9.40 Å². The van der Waals surface area contributed by atoms with E-state index in [2.05, 4.69) is 34.3 Å². The van der Waals surface area contributed by atoms with Crippen LogP contribution >= 0.6 is 0 Å². The van der Waals surface area contributed by atoms with E-state index in [0.717, 1.165) is 31.4 Å². The minimum Gasteiger partial charge on any atom is -0.305 e. The summed E-state index contributed by atoms with van der Waals surface area (Å²) in [7, 11) is 2.28. The molecule has 7 heteroatoms. The SMILES string of the molecule is CN(C)Cc1ccc([C@H]2CCCCN2S(=O)(=O)c2cnn(C)c2)cc1. The fraction of sp³-hybridized carbons (Fsp3) is 0.500. The number of aryl methyl sites for hydroxylation is 1. The molecule has 6 nitrogen and oxygen atoms in total. The molecule has 136 valence electrons. The summed E-state index contributed by atoms with van der Waals surface area (Å²) in [5.74, 6) is 0. The molecule has 0 aliphatic carbocycles. The second-order valence-electron chi connectivity index (χ2n) is 6.96. The van der Waals surface area contributed by atoms with Crippen LogP contribution < -0.4 is 0 Å². The molecule has 1 aromatic carbocycles. The Kier molecular flexibility index (Phi) is 5.27. The summed E-state index contributed by atoms with van der Waals surface area (Å²) in [5.41, 5.74) is 2.29. The van der Waals surface area contributed by atoms with Crippen molar-refractivity contribution in [2.75, 3.05) is 20.6 Å². The molecule has 1 saturated heterocycles. The number of benzene rings is 1. The smallest absolute Gasteiger partial charge is 0.246 e. The predicted octanol–water partition coefficient (Wildman–Crippen LogP) is 2.40. The summed E-state index contributed by atoms with van der Waals surface area (Å²) < 4.78 is 29.3. The van der Waals surface area contributed by atoms with Crippen LogP contribution in [0.1, 0.15) is 36.4 Å². The van der Waals surface area contributed by atoms with Crippen molar-refractivity contribution in [1.29, 1.82) is 0 Å². The third kappa shape index (κ3) is 3.94. The minimum atomic E-state index is -3.53. The fourth-order valence-corrected chi connectivity index (χ4v) is 5.07. The largest absolute Gasteiger partial charge is 0.305 e. The van der Waals surface area contributed by atoms with Crippen molar-refractivity contribution in [3.8, 4) is 0 Å². The van der Waals surface area contributed by atoms with Gasteiger partial charge in [-0.25, -0.2) is 8.42 Å². The van der Waals surface area contributed by atoms with E-state index in [1.165, 1.54) is 16.4 Å². The Morgan fingerprint density at radius 2 is 1.92 bits per heavy atom. The van der Waals surface area contributed by atoms with Crippen molar-refractivity contribution < 1.29 is 8.42 Å². The number of nitrogens with zero attached hydrogens (tertiary/aromatic N) is 4. The molecule has 25 heavy (non-hydrogen) atoms. The highest BCUT2D eigenvalue weighted by Gasteiger charge is 2.35. The Labute approximate surface area is 150 Å². The molecule has 0 radical (unpaired) electrons. The highest BCUT2D eigenvalue weighted by atomic mass is 32.2. The third-order valence-electron chi connectivity index (χ3n) is 4.60. The van der Waals surface area contributed by atoms with E-state index in [1.807, 2.05) is 14.1 Å². The molecular formula is C18H26N4O2S. The van der Waals surface area contributed by atoms with E-state index in [-0.39, 0.29) is 10.9 Å². The monoisotopic (exact) mass is 362 g/mol.